The molecule has 0 bridgehead atoms. The number of rotatable bonds is 6. The lowest BCUT2D eigenvalue weighted by atomic mass is 10.2. The minimum Gasteiger partial charge on any atom is -0.454 e. The van der Waals surface area contributed by atoms with Crippen molar-refractivity contribution in [2.45, 2.75) is 11.8 Å². The van der Waals surface area contributed by atoms with Gasteiger partial charge in [0.1, 0.15) is 6.61 Å². The Balaban J connectivity index is 1.75. The highest BCUT2D eigenvalue weighted by Gasteiger charge is 2.29. The summed E-state index contributed by atoms with van der Waals surface area (Å²) < 4.78 is 32.3. The molecule has 2 aromatic carbocycles. The molecular weight excluding hydrogens is 416 g/mol. The van der Waals surface area contributed by atoms with Crippen molar-refractivity contribution in [2.75, 3.05) is 37.7 Å². The van der Waals surface area contributed by atoms with E-state index in [9.17, 15) is 18.0 Å². The number of sulfonamides is 1. The van der Waals surface area contributed by atoms with Crippen LogP contribution in [0.25, 0.3) is 0 Å². The lowest BCUT2D eigenvalue weighted by Gasteiger charge is -2.35. The fourth-order valence-corrected chi connectivity index (χ4v) is 4.68. The summed E-state index contributed by atoms with van der Waals surface area (Å²) in [7, 11) is -3.80. The maximum atomic E-state index is 13.0. The summed E-state index contributed by atoms with van der Waals surface area (Å²) in [4.78, 5) is 25.2. The van der Waals surface area contributed by atoms with Crippen molar-refractivity contribution in [2.24, 2.45) is 0 Å². The zero-order valence-corrected chi connectivity index (χ0v) is 17.4. The lowest BCUT2D eigenvalue weighted by Crippen LogP contribution is -2.48. The van der Waals surface area contributed by atoms with E-state index in [1.165, 1.54) is 29.4 Å². The zero-order valence-electron chi connectivity index (χ0n) is 15.9. The quantitative estimate of drug-likeness (QED) is 0.647. The Hall–Kier alpha value is -2.42. The van der Waals surface area contributed by atoms with Gasteiger partial charge in [0.25, 0.3) is 0 Å². The Kier molecular flexibility index (Phi) is 6.56. The number of ether oxygens (including phenoxy) is 1. The van der Waals surface area contributed by atoms with Gasteiger partial charge >= 0.3 is 5.97 Å². The first-order valence-corrected chi connectivity index (χ1v) is 10.9. The molecule has 1 heterocycles. The number of piperazine rings is 1. The summed E-state index contributed by atoms with van der Waals surface area (Å²) in [6.07, 6.45) is 0. The average Bonchev–Trinajstić information content (AvgIpc) is 2.73. The van der Waals surface area contributed by atoms with Crippen LogP contribution in [0.1, 0.15) is 17.3 Å². The fourth-order valence-electron chi connectivity index (χ4n) is 3.04. The number of nitrogens with zero attached hydrogens (tertiary/aromatic N) is 2. The van der Waals surface area contributed by atoms with E-state index in [2.05, 4.69) is 4.90 Å². The average molecular weight is 437 g/mol. The van der Waals surface area contributed by atoms with Crippen LogP contribution in [-0.2, 0) is 19.6 Å². The van der Waals surface area contributed by atoms with E-state index in [0.717, 1.165) is 5.69 Å². The van der Waals surface area contributed by atoms with Gasteiger partial charge in [0.2, 0.25) is 10.0 Å². The van der Waals surface area contributed by atoms with E-state index in [4.69, 9.17) is 16.3 Å². The van der Waals surface area contributed by atoms with Gasteiger partial charge < -0.3 is 9.64 Å². The molecule has 0 N–H and O–H groups in total. The lowest BCUT2D eigenvalue weighted by molar-refractivity contribution is -0.120. The molecule has 2 aromatic rings. The molecule has 0 spiro atoms. The first kappa shape index (κ1) is 21.3. The zero-order chi connectivity index (χ0) is 21.0. The van der Waals surface area contributed by atoms with Gasteiger partial charge in [-0.3, -0.25) is 4.79 Å². The smallest absolute Gasteiger partial charge is 0.340 e. The van der Waals surface area contributed by atoms with Gasteiger partial charge in [-0.1, -0.05) is 29.8 Å². The Morgan fingerprint density at radius 2 is 1.69 bits per heavy atom. The maximum Gasteiger partial charge on any atom is 0.340 e. The van der Waals surface area contributed by atoms with Crippen LogP contribution in [0.3, 0.4) is 0 Å². The molecule has 154 valence electrons. The first-order valence-electron chi connectivity index (χ1n) is 9.05. The maximum absolute atomic E-state index is 13.0. The number of carbonyl (C=O) groups is 2. The molecule has 1 aliphatic heterocycles. The van der Waals surface area contributed by atoms with Gasteiger partial charge in [-0.05, 0) is 37.3 Å². The number of benzene rings is 2. The Labute approximate surface area is 174 Å². The van der Waals surface area contributed by atoms with E-state index in [-0.39, 0.29) is 21.3 Å². The summed E-state index contributed by atoms with van der Waals surface area (Å²) in [5, 5.41) is 0.0615. The Bertz CT molecular complexity index is 1000. The normalized spacial score (nSPS) is 15.2. The van der Waals surface area contributed by atoms with Gasteiger partial charge in [-0.25, -0.2) is 13.2 Å². The van der Waals surface area contributed by atoms with Crippen molar-refractivity contribution in [1.82, 2.24) is 4.31 Å². The van der Waals surface area contributed by atoms with E-state index in [0.29, 0.717) is 26.2 Å². The van der Waals surface area contributed by atoms with Gasteiger partial charge in [-0.15, -0.1) is 0 Å². The molecule has 1 fully saturated rings. The summed E-state index contributed by atoms with van der Waals surface area (Å²) >= 11 is 6.03. The molecule has 0 saturated carbocycles. The number of hydrogen-bond donors (Lipinski definition) is 0. The highest BCUT2D eigenvalue weighted by molar-refractivity contribution is 7.89. The molecule has 0 radical (unpaired) electrons. The second kappa shape index (κ2) is 8.94. The molecule has 29 heavy (non-hydrogen) atoms. The molecule has 0 unspecified atom stereocenters. The largest absolute Gasteiger partial charge is 0.454 e. The van der Waals surface area contributed by atoms with Crippen molar-refractivity contribution < 1.29 is 22.7 Å². The van der Waals surface area contributed by atoms with Crippen molar-refractivity contribution in [3.05, 3.63) is 59.1 Å². The van der Waals surface area contributed by atoms with E-state index < -0.39 is 22.6 Å². The van der Waals surface area contributed by atoms with E-state index in [1.54, 1.807) is 0 Å². The highest BCUT2D eigenvalue weighted by Crippen LogP contribution is 2.25. The van der Waals surface area contributed by atoms with Gasteiger partial charge in [0.15, 0.2) is 5.78 Å². The number of carbonyl (C=O) groups excluding carboxylic acids is 2. The first-order chi connectivity index (χ1) is 13.8. The van der Waals surface area contributed by atoms with Crippen LogP contribution in [0.5, 0.6) is 0 Å². The van der Waals surface area contributed by atoms with Crippen LogP contribution in [0.4, 0.5) is 5.69 Å². The van der Waals surface area contributed by atoms with Gasteiger partial charge in [-0.2, -0.15) is 4.31 Å². The van der Waals surface area contributed by atoms with Crippen LogP contribution in [0.15, 0.2) is 53.4 Å². The summed E-state index contributed by atoms with van der Waals surface area (Å²) in [5.41, 5.74) is 0.962. The number of hydrogen-bond acceptors (Lipinski definition) is 6. The topological polar surface area (TPSA) is 84.0 Å². The molecule has 3 rings (SSSR count). The van der Waals surface area contributed by atoms with E-state index in [1.807, 2.05) is 30.3 Å². The van der Waals surface area contributed by atoms with Crippen LogP contribution in [-0.4, -0.2) is 57.3 Å². The predicted octanol–water partition coefficient (Wildman–Crippen LogP) is 2.60. The van der Waals surface area contributed by atoms with Crippen LogP contribution in [0.2, 0.25) is 5.02 Å². The van der Waals surface area contributed by atoms with Crippen LogP contribution < -0.4 is 4.90 Å². The fraction of sp³-hybridized carbons (Fsp3) is 0.300. The van der Waals surface area contributed by atoms with Crippen molar-refractivity contribution >= 4 is 39.1 Å². The minimum absolute atomic E-state index is 0.0372. The molecule has 1 aliphatic rings. The third-order valence-electron chi connectivity index (χ3n) is 4.56. The monoisotopic (exact) mass is 436 g/mol. The molecule has 0 aromatic heterocycles. The third kappa shape index (κ3) is 4.95. The summed E-state index contributed by atoms with van der Waals surface area (Å²) in [6, 6.07) is 13.7. The number of para-hydroxylation sites is 1. The second-order valence-electron chi connectivity index (χ2n) is 6.65. The molecule has 7 nitrogen and oxygen atoms in total. The summed E-state index contributed by atoms with van der Waals surface area (Å²) in [5.74, 6) is -1.16. The molecule has 9 heteroatoms. The van der Waals surface area contributed by atoms with Gasteiger partial charge in [0.05, 0.1) is 15.5 Å². The molecule has 0 atom stereocenters. The predicted molar refractivity (Wildman–Crippen MR) is 110 cm³/mol. The van der Waals surface area contributed by atoms with Crippen molar-refractivity contribution in [1.29, 1.82) is 0 Å². The number of esters is 1. The SMILES string of the molecule is CC(=O)COC(=O)c1cc(S(=O)(=O)N2CCN(c3ccccc3)CC2)ccc1Cl. The standard InChI is InChI=1S/C20H21ClN2O5S/c1-15(24)14-28-20(25)18-13-17(7-8-19(18)21)29(26,27)23-11-9-22(10-12-23)16-5-3-2-4-6-16/h2-8,13H,9-12,14H2,1H3. The molecule has 0 aliphatic carbocycles. The highest BCUT2D eigenvalue weighted by atomic mass is 35.5. The minimum atomic E-state index is -3.80. The summed E-state index contributed by atoms with van der Waals surface area (Å²) in [6.45, 7) is 2.65. The Morgan fingerprint density at radius 1 is 1.03 bits per heavy atom. The van der Waals surface area contributed by atoms with Crippen LogP contribution in [0, 0.1) is 0 Å². The molecular formula is C20H21ClN2O5S. The van der Waals surface area contributed by atoms with Crippen molar-refractivity contribution in [3.63, 3.8) is 0 Å². The van der Waals surface area contributed by atoms with Crippen molar-refractivity contribution in [3.8, 4) is 0 Å². The Morgan fingerprint density at radius 3 is 2.31 bits per heavy atom. The number of ketones is 1. The number of halogens is 1. The number of Topliss-reactive ketones (excluding diaryl/α,β-unsaturated/α-hetero) is 1. The second-order valence-corrected chi connectivity index (χ2v) is 8.99. The molecule has 1 saturated heterocycles. The number of anilines is 1. The van der Waals surface area contributed by atoms with Crippen LogP contribution >= 0.6 is 11.6 Å². The van der Waals surface area contributed by atoms with Gasteiger partial charge in [0, 0.05) is 31.9 Å². The molecule has 0 amide bonds. The van der Waals surface area contributed by atoms with E-state index >= 15 is 0 Å². The third-order valence-corrected chi connectivity index (χ3v) is 6.79.